The minimum absolute atomic E-state index is 0.0457. The fourth-order valence-electron chi connectivity index (χ4n) is 5.95. The fourth-order valence-corrected chi connectivity index (χ4v) is 5.95. The molecule has 1 amide bonds. The predicted molar refractivity (Wildman–Crippen MR) is 139 cm³/mol. The van der Waals surface area contributed by atoms with Gasteiger partial charge in [-0.25, -0.2) is 0 Å². The standard InChI is InChI=1S/C31H34N2O2/c34-28-17-16-24-10-7-8-15-27(24)31(28)18-22-33(23-19-31)21-9-20-32-30(35)29(25-11-3-1-4-12-25)26-13-5-2-6-14-26/h1-8,10-15,29H,9,16-23H2,(H,32,35). The second-order valence-corrected chi connectivity index (χ2v) is 9.90. The minimum atomic E-state index is -0.301. The first-order chi connectivity index (χ1) is 17.2. The normalized spacial score (nSPS) is 17.3. The van der Waals surface area contributed by atoms with Crippen molar-refractivity contribution in [2.24, 2.45) is 0 Å². The van der Waals surface area contributed by atoms with E-state index in [1.807, 2.05) is 60.7 Å². The van der Waals surface area contributed by atoms with Crippen LogP contribution >= 0.6 is 0 Å². The number of carbonyl (C=O) groups excluding carboxylic acids is 2. The van der Waals surface area contributed by atoms with E-state index in [-0.39, 0.29) is 17.2 Å². The number of likely N-dealkylation sites (tertiary alicyclic amines) is 1. The highest BCUT2D eigenvalue weighted by Gasteiger charge is 2.45. The lowest BCUT2D eigenvalue weighted by Gasteiger charge is -2.44. The third-order valence-electron chi connectivity index (χ3n) is 7.88. The molecule has 1 aliphatic heterocycles. The average molecular weight is 467 g/mol. The topological polar surface area (TPSA) is 49.4 Å². The van der Waals surface area contributed by atoms with E-state index in [1.54, 1.807) is 0 Å². The summed E-state index contributed by atoms with van der Waals surface area (Å²) in [5.74, 6) is 0.171. The van der Waals surface area contributed by atoms with Gasteiger partial charge in [0.15, 0.2) is 0 Å². The first-order valence-electron chi connectivity index (χ1n) is 12.9. The molecule has 180 valence electrons. The van der Waals surface area contributed by atoms with Gasteiger partial charge in [-0.05, 0) is 67.6 Å². The van der Waals surface area contributed by atoms with Gasteiger partial charge in [-0.3, -0.25) is 9.59 Å². The number of Topliss-reactive ketones (excluding diaryl/α,β-unsaturated/α-hetero) is 1. The van der Waals surface area contributed by atoms with Crippen LogP contribution in [0.1, 0.15) is 53.9 Å². The molecule has 1 N–H and O–H groups in total. The molecule has 1 spiro atoms. The number of amides is 1. The number of carbonyl (C=O) groups is 2. The maximum atomic E-state index is 13.2. The zero-order valence-electron chi connectivity index (χ0n) is 20.3. The number of nitrogens with zero attached hydrogens (tertiary/aromatic N) is 1. The Morgan fingerprint density at radius 2 is 1.43 bits per heavy atom. The van der Waals surface area contributed by atoms with Crippen molar-refractivity contribution in [3.05, 3.63) is 107 Å². The second-order valence-electron chi connectivity index (χ2n) is 9.90. The van der Waals surface area contributed by atoms with Gasteiger partial charge < -0.3 is 10.2 Å². The van der Waals surface area contributed by atoms with Gasteiger partial charge in [-0.15, -0.1) is 0 Å². The zero-order valence-corrected chi connectivity index (χ0v) is 20.3. The molecule has 1 heterocycles. The van der Waals surface area contributed by atoms with E-state index < -0.39 is 0 Å². The summed E-state index contributed by atoms with van der Waals surface area (Å²) in [7, 11) is 0. The molecule has 0 saturated carbocycles. The molecule has 2 aliphatic rings. The van der Waals surface area contributed by atoms with Crippen LogP contribution in [0.5, 0.6) is 0 Å². The Balaban J connectivity index is 1.15. The lowest BCUT2D eigenvalue weighted by molar-refractivity contribution is -0.127. The van der Waals surface area contributed by atoms with E-state index in [1.165, 1.54) is 11.1 Å². The Labute approximate surface area is 208 Å². The molecule has 1 saturated heterocycles. The van der Waals surface area contributed by atoms with Gasteiger partial charge >= 0.3 is 0 Å². The van der Waals surface area contributed by atoms with Crippen LogP contribution in [0.4, 0.5) is 0 Å². The number of rotatable bonds is 7. The van der Waals surface area contributed by atoms with Gasteiger partial charge in [0.2, 0.25) is 5.91 Å². The second kappa shape index (κ2) is 10.6. The highest BCUT2D eigenvalue weighted by atomic mass is 16.2. The summed E-state index contributed by atoms with van der Waals surface area (Å²) in [5, 5.41) is 3.18. The number of ketones is 1. The number of benzene rings is 3. The number of hydrogen-bond donors (Lipinski definition) is 1. The number of nitrogens with one attached hydrogen (secondary N) is 1. The number of aryl methyl sites for hydroxylation is 1. The summed E-state index contributed by atoms with van der Waals surface area (Å²) in [6.45, 7) is 3.46. The SMILES string of the molecule is O=C(NCCCN1CCC2(CC1)C(=O)CCc1ccccc12)C(c1ccccc1)c1ccccc1. The molecular weight excluding hydrogens is 432 g/mol. The highest BCUT2D eigenvalue weighted by Crippen LogP contribution is 2.42. The van der Waals surface area contributed by atoms with Gasteiger partial charge in [0.1, 0.15) is 5.78 Å². The largest absolute Gasteiger partial charge is 0.355 e. The van der Waals surface area contributed by atoms with Crippen LogP contribution in [0.2, 0.25) is 0 Å². The van der Waals surface area contributed by atoms with Crippen LogP contribution in [0.25, 0.3) is 0 Å². The maximum Gasteiger partial charge on any atom is 0.232 e. The zero-order chi connectivity index (χ0) is 24.1. The molecule has 35 heavy (non-hydrogen) atoms. The molecular formula is C31H34N2O2. The Hall–Kier alpha value is -3.24. The summed E-state index contributed by atoms with van der Waals surface area (Å²) in [6.07, 6.45) is 4.26. The van der Waals surface area contributed by atoms with Crippen molar-refractivity contribution >= 4 is 11.7 Å². The van der Waals surface area contributed by atoms with Crippen molar-refractivity contribution in [3.8, 4) is 0 Å². The average Bonchev–Trinajstić information content (AvgIpc) is 2.91. The van der Waals surface area contributed by atoms with Crippen molar-refractivity contribution in [2.45, 2.75) is 43.4 Å². The van der Waals surface area contributed by atoms with Gasteiger partial charge in [0.25, 0.3) is 0 Å². The molecule has 5 rings (SSSR count). The highest BCUT2D eigenvalue weighted by molar-refractivity contribution is 5.92. The van der Waals surface area contributed by atoms with Crippen LogP contribution in [0.3, 0.4) is 0 Å². The van der Waals surface area contributed by atoms with E-state index in [2.05, 4.69) is 34.5 Å². The van der Waals surface area contributed by atoms with Crippen LogP contribution in [0, 0.1) is 0 Å². The molecule has 4 nitrogen and oxygen atoms in total. The van der Waals surface area contributed by atoms with Crippen molar-refractivity contribution in [1.29, 1.82) is 0 Å². The fraction of sp³-hybridized carbons (Fsp3) is 0.355. The third kappa shape index (κ3) is 4.94. The van der Waals surface area contributed by atoms with E-state index in [0.29, 0.717) is 18.7 Å². The molecule has 0 atom stereocenters. The lowest BCUT2D eigenvalue weighted by Crippen LogP contribution is -2.49. The van der Waals surface area contributed by atoms with Crippen LogP contribution < -0.4 is 5.32 Å². The van der Waals surface area contributed by atoms with Gasteiger partial charge in [0.05, 0.1) is 11.3 Å². The van der Waals surface area contributed by atoms with Crippen molar-refractivity contribution in [2.75, 3.05) is 26.2 Å². The van der Waals surface area contributed by atoms with Crippen molar-refractivity contribution in [3.63, 3.8) is 0 Å². The smallest absolute Gasteiger partial charge is 0.232 e. The molecule has 0 radical (unpaired) electrons. The van der Waals surface area contributed by atoms with E-state index in [9.17, 15) is 9.59 Å². The minimum Gasteiger partial charge on any atom is -0.355 e. The van der Waals surface area contributed by atoms with Crippen molar-refractivity contribution in [1.82, 2.24) is 10.2 Å². The molecule has 3 aromatic carbocycles. The Kier molecular flexibility index (Phi) is 7.10. The first-order valence-corrected chi connectivity index (χ1v) is 12.9. The first kappa shape index (κ1) is 23.5. The molecule has 0 aromatic heterocycles. The Bertz CT molecular complexity index is 1110. The van der Waals surface area contributed by atoms with Gasteiger partial charge in [-0.2, -0.15) is 0 Å². The van der Waals surface area contributed by atoms with Gasteiger partial charge in [0, 0.05) is 13.0 Å². The summed E-state index contributed by atoms with van der Waals surface area (Å²) in [6, 6.07) is 28.5. The van der Waals surface area contributed by atoms with Crippen LogP contribution in [-0.4, -0.2) is 42.8 Å². The molecule has 0 bridgehead atoms. The third-order valence-corrected chi connectivity index (χ3v) is 7.88. The summed E-state index contributed by atoms with van der Waals surface area (Å²) >= 11 is 0. The summed E-state index contributed by atoms with van der Waals surface area (Å²) in [5.41, 5.74) is 4.37. The monoisotopic (exact) mass is 466 g/mol. The maximum absolute atomic E-state index is 13.2. The van der Waals surface area contributed by atoms with Crippen LogP contribution in [-0.2, 0) is 21.4 Å². The van der Waals surface area contributed by atoms with Crippen molar-refractivity contribution < 1.29 is 9.59 Å². The molecule has 4 heteroatoms. The summed E-state index contributed by atoms with van der Waals surface area (Å²) < 4.78 is 0. The molecule has 0 unspecified atom stereocenters. The van der Waals surface area contributed by atoms with Crippen LogP contribution in [0.15, 0.2) is 84.9 Å². The molecule has 3 aromatic rings. The van der Waals surface area contributed by atoms with E-state index in [4.69, 9.17) is 0 Å². The quantitative estimate of drug-likeness (QED) is 0.505. The lowest BCUT2D eigenvalue weighted by atomic mass is 9.64. The van der Waals surface area contributed by atoms with E-state index in [0.717, 1.165) is 56.4 Å². The number of fused-ring (bicyclic) bond motifs is 2. The summed E-state index contributed by atoms with van der Waals surface area (Å²) in [4.78, 5) is 28.6. The Morgan fingerprint density at radius 3 is 2.09 bits per heavy atom. The van der Waals surface area contributed by atoms with E-state index >= 15 is 0 Å². The molecule has 1 fully saturated rings. The molecule has 1 aliphatic carbocycles. The Morgan fingerprint density at radius 1 is 0.829 bits per heavy atom. The number of hydrogen-bond acceptors (Lipinski definition) is 3. The number of piperidine rings is 1. The predicted octanol–water partition coefficient (Wildman–Crippen LogP) is 4.87. The van der Waals surface area contributed by atoms with Gasteiger partial charge in [-0.1, -0.05) is 84.9 Å².